The summed E-state index contributed by atoms with van der Waals surface area (Å²) in [4.78, 5) is 41.6. The lowest BCUT2D eigenvalue weighted by Crippen LogP contribution is -2.49. The third-order valence-electron chi connectivity index (χ3n) is 5.65. The van der Waals surface area contributed by atoms with Crippen LogP contribution in [-0.4, -0.2) is 59.9 Å². The number of likely N-dealkylation sites (tertiary alicyclic amines) is 1. The number of nitrogens with one attached hydrogen (secondary N) is 1. The van der Waals surface area contributed by atoms with Crippen LogP contribution in [0.3, 0.4) is 0 Å². The van der Waals surface area contributed by atoms with Gasteiger partial charge in [0, 0.05) is 36.8 Å². The third kappa shape index (κ3) is 3.96. The van der Waals surface area contributed by atoms with Crippen LogP contribution in [0.2, 0.25) is 0 Å². The van der Waals surface area contributed by atoms with Crippen molar-refractivity contribution in [3.63, 3.8) is 0 Å². The standard InChI is InChI=1S/C22H26N4O3/c1-24(2)14-20(27)23-18-8-9-19-17-10-15(12-26(19)22(18)29)11-25(13-17)21(28)16-6-4-3-5-7-16/h3-9,15,17H,10-14H2,1-2H3,(H,23,27)/t15-,17-/m1/s1. The largest absolute Gasteiger partial charge is 0.338 e. The highest BCUT2D eigenvalue weighted by Gasteiger charge is 2.36. The minimum absolute atomic E-state index is 0.0451. The summed E-state index contributed by atoms with van der Waals surface area (Å²) >= 11 is 0. The molecular formula is C22H26N4O3. The van der Waals surface area contributed by atoms with E-state index >= 15 is 0 Å². The number of likely N-dealkylation sites (N-methyl/N-ethyl adjacent to an activating group) is 1. The number of pyridine rings is 1. The Kier molecular flexibility index (Phi) is 5.24. The SMILES string of the molecule is CN(C)CC(=O)Nc1ccc2n(c1=O)C[C@@H]1C[C@@H]2CN(C(=O)c2ccccc2)C1. The lowest BCUT2D eigenvalue weighted by atomic mass is 9.83. The first-order valence-corrected chi connectivity index (χ1v) is 9.95. The Balaban J connectivity index is 1.55. The molecule has 2 aliphatic heterocycles. The van der Waals surface area contributed by atoms with Crippen LogP contribution in [0.15, 0.2) is 47.3 Å². The molecule has 0 unspecified atom stereocenters. The quantitative estimate of drug-likeness (QED) is 0.855. The summed E-state index contributed by atoms with van der Waals surface area (Å²) in [6.45, 7) is 2.05. The predicted octanol–water partition coefficient (Wildman–Crippen LogP) is 1.61. The lowest BCUT2D eigenvalue weighted by Gasteiger charge is -2.43. The van der Waals surface area contributed by atoms with Gasteiger partial charge in [-0.15, -0.1) is 0 Å². The fraction of sp³-hybridized carbons (Fsp3) is 0.409. The summed E-state index contributed by atoms with van der Waals surface area (Å²) in [5, 5.41) is 2.73. The van der Waals surface area contributed by atoms with E-state index in [1.165, 1.54) is 0 Å². The first-order chi connectivity index (χ1) is 13.9. The lowest BCUT2D eigenvalue weighted by molar-refractivity contribution is -0.116. The molecule has 1 saturated heterocycles. The van der Waals surface area contributed by atoms with Crippen molar-refractivity contribution >= 4 is 17.5 Å². The van der Waals surface area contributed by atoms with Gasteiger partial charge in [-0.3, -0.25) is 14.4 Å². The predicted molar refractivity (Wildman–Crippen MR) is 111 cm³/mol. The number of benzene rings is 1. The van der Waals surface area contributed by atoms with Crippen LogP contribution in [0.25, 0.3) is 0 Å². The Morgan fingerprint density at radius 3 is 2.55 bits per heavy atom. The average Bonchev–Trinajstić information content (AvgIpc) is 2.70. The number of amides is 2. The fourth-order valence-electron chi connectivity index (χ4n) is 4.45. The molecule has 0 spiro atoms. The molecule has 2 bridgehead atoms. The van der Waals surface area contributed by atoms with E-state index in [0.717, 1.165) is 12.1 Å². The minimum Gasteiger partial charge on any atom is -0.338 e. The topological polar surface area (TPSA) is 74.7 Å². The van der Waals surface area contributed by atoms with Crippen molar-refractivity contribution in [3.8, 4) is 0 Å². The molecule has 7 heteroatoms. The summed E-state index contributed by atoms with van der Waals surface area (Å²) in [6.07, 6.45) is 0.977. The van der Waals surface area contributed by atoms with Crippen molar-refractivity contribution in [2.24, 2.45) is 5.92 Å². The monoisotopic (exact) mass is 394 g/mol. The molecule has 2 amide bonds. The van der Waals surface area contributed by atoms with Gasteiger partial charge in [0.1, 0.15) is 5.69 Å². The zero-order valence-corrected chi connectivity index (χ0v) is 16.8. The Morgan fingerprint density at radius 2 is 1.83 bits per heavy atom. The maximum Gasteiger partial charge on any atom is 0.274 e. The van der Waals surface area contributed by atoms with Gasteiger partial charge in [-0.2, -0.15) is 0 Å². The molecule has 1 N–H and O–H groups in total. The summed E-state index contributed by atoms with van der Waals surface area (Å²) in [5.74, 6) is 0.209. The number of hydrogen-bond donors (Lipinski definition) is 1. The Bertz CT molecular complexity index is 983. The average molecular weight is 394 g/mol. The van der Waals surface area contributed by atoms with Gasteiger partial charge in [0.25, 0.3) is 11.5 Å². The number of piperidine rings is 1. The van der Waals surface area contributed by atoms with E-state index in [0.29, 0.717) is 30.9 Å². The van der Waals surface area contributed by atoms with E-state index in [4.69, 9.17) is 0 Å². The van der Waals surface area contributed by atoms with Crippen LogP contribution >= 0.6 is 0 Å². The molecule has 4 rings (SSSR count). The van der Waals surface area contributed by atoms with Crippen LogP contribution < -0.4 is 10.9 Å². The molecule has 29 heavy (non-hydrogen) atoms. The van der Waals surface area contributed by atoms with Gasteiger partial charge in [-0.25, -0.2) is 0 Å². The second-order valence-electron chi connectivity index (χ2n) is 8.25. The number of anilines is 1. The van der Waals surface area contributed by atoms with E-state index in [1.54, 1.807) is 15.5 Å². The summed E-state index contributed by atoms with van der Waals surface area (Å²) in [5.41, 5.74) is 1.80. The molecule has 2 atom stereocenters. The minimum atomic E-state index is -0.205. The fourth-order valence-corrected chi connectivity index (χ4v) is 4.45. The normalized spacial score (nSPS) is 20.3. The van der Waals surface area contributed by atoms with E-state index in [9.17, 15) is 14.4 Å². The molecule has 1 aromatic heterocycles. The van der Waals surface area contributed by atoms with Gasteiger partial charge in [0.2, 0.25) is 5.91 Å². The van der Waals surface area contributed by atoms with Crippen LogP contribution in [0.1, 0.15) is 28.4 Å². The van der Waals surface area contributed by atoms with Crippen molar-refractivity contribution in [2.45, 2.75) is 18.9 Å². The number of rotatable bonds is 4. The number of nitrogens with zero attached hydrogens (tertiary/aromatic N) is 3. The molecular weight excluding hydrogens is 368 g/mol. The van der Waals surface area contributed by atoms with E-state index in [2.05, 4.69) is 5.32 Å². The Labute approximate surface area is 169 Å². The summed E-state index contributed by atoms with van der Waals surface area (Å²) < 4.78 is 1.79. The molecule has 2 aliphatic rings. The van der Waals surface area contributed by atoms with Crippen molar-refractivity contribution in [1.29, 1.82) is 0 Å². The number of aromatic nitrogens is 1. The summed E-state index contributed by atoms with van der Waals surface area (Å²) in [7, 11) is 3.62. The van der Waals surface area contributed by atoms with Crippen molar-refractivity contribution in [3.05, 3.63) is 64.1 Å². The maximum absolute atomic E-state index is 13.0. The van der Waals surface area contributed by atoms with Crippen molar-refractivity contribution < 1.29 is 9.59 Å². The van der Waals surface area contributed by atoms with E-state index in [1.807, 2.05) is 55.4 Å². The third-order valence-corrected chi connectivity index (χ3v) is 5.65. The summed E-state index contributed by atoms with van der Waals surface area (Å²) in [6, 6.07) is 12.9. The van der Waals surface area contributed by atoms with Crippen LogP contribution in [0.4, 0.5) is 5.69 Å². The number of carbonyl (C=O) groups excluding carboxylic acids is 2. The number of fused-ring (bicyclic) bond motifs is 4. The molecule has 1 fully saturated rings. The van der Waals surface area contributed by atoms with Crippen LogP contribution in [0.5, 0.6) is 0 Å². The smallest absolute Gasteiger partial charge is 0.274 e. The van der Waals surface area contributed by atoms with E-state index < -0.39 is 0 Å². The van der Waals surface area contributed by atoms with Crippen molar-refractivity contribution in [1.82, 2.24) is 14.4 Å². The van der Waals surface area contributed by atoms with Crippen LogP contribution in [-0.2, 0) is 11.3 Å². The Morgan fingerprint density at radius 1 is 1.07 bits per heavy atom. The van der Waals surface area contributed by atoms with Gasteiger partial charge < -0.3 is 19.7 Å². The maximum atomic E-state index is 13.0. The zero-order chi connectivity index (χ0) is 20.5. The molecule has 7 nitrogen and oxygen atoms in total. The van der Waals surface area contributed by atoms with Crippen LogP contribution in [0, 0.1) is 5.92 Å². The van der Waals surface area contributed by atoms with E-state index in [-0.39, 0.29) is 35.8 Å². The molecule has 1 aromatic carbocycles. The number of carbonyl (C=O) groups is 2. The molecule has 0 radical (unpaired) electrons. The number of hydrogen-bond acceptors (Lipinski definition) is 4. The highest BCUT2D eigenvalue weighted by molar-refractivity contribution is 5.94. The van der Waals surface area contributed by atoms with Crippen molar-refractivity contribution in [2.75, 3.05) is 39.0 Å². The Hall–Kier alpha value is -2.93. The van der Waals surface area contributed by atoms with Gasteiger partial charge in [-0.1, -0.05) is 18.2 Å². The van der Waals surface area contributed by atoms with Gasteiger partial charge in [0.05, 0.1) is 6.54 Å². The molecule has 3 heterocycles. The van der Waals surface area contributed by atoms with Gasteiger partial charge in [-0.05, 0) is 50.7 Å². The zero-order valence-electron chi connectivity index (χ0n) is 16.8. The second kappa shape index (κ2) is 7.83. The first-order valence-electron chi connectivity index (χ1n) is 9.95. The van der Waals surface area contributed by atoms with Gasteiger partial charge in [0.15, 0.2) is 0 Å². The molecule has 2 aromatic rings. The first kappa shape index (κ1) is 19.4. The second-order valence-corrected chi connectivity index (χ2v) is 8.25. The molecule has 152 valence electrons. The molecule has 0 saturated carbocycles. The molecule has 0 aliphatic carbocycles. The highest BCUT2D eigenvalue weighted by atomic mass is 16.2. The van der Waals surface area contributed by atoms with Gasteiger partial charge >= 0.3 is 0 Å². The highest BCUT2D eigenvalue weighted by Crippen LogP contribution is 2.35.